The number of piperidine rings is 1. The summed E-state index contributed by atoms with van der Waals surface area (Å²) in [5, 5.41) is 0.287. The normalized spacial score (nSPS) is 18.7. The Morgan fingerprint density at radius 3 is 3.05 bits per heavy atom. The number of likely N-dealkylation sites (tertiary alicyclic amines) is 1. The summed E-state index contributed by atoms with van der Waals surface area (Å²) in [5.41, 5.74) is 0.495. The van der Waals surface area contributed by atoms with Crippen molar-refractivity contribution < 1.29 is 14.3 Å². The second-order valence-corrected chi connectivity index (χ2v) is 5.10. The van der Waals surface area contributed by atoms with E-state index in [4.69, 9.17) is 16.3 Å². The SMILES string of the molecule is CCOC(=O)C1CCCN(C(=O)c2ccnc(Cl)c2)C1. The summed E-state index contributed by atoms with van der Waals surface area (Å²) in [4.78, 5) is 29.7. The highest BCUT2D eigenvalue weighted by Gasteiger charge is 2.29. The fourth-order valence-electron chi connectivity index (χ4n) is 2.33. The second kappa shape index (κ2) is 6.70. The number of esters is 1. The summed E-state index contributed by atoms with van der Waals surface area (Å²) >= 11 is 5.79. The first-order valence-electron chi connectivity index (χ1n) is 6.69. The van der Waals surface area contributed by atoms with Crippen molar-refractivity contribution in [2.24, 2.45) is 5.92 Å². The first kappa shape index (κ1) is 14.8. The third kappa shape index (κ3) is 3.48. The van der Waals surface area contributed by atoms with Gasteiger partial charge >= 0.3 is 5.97 Å². The number of pyridine rings is 1. The smallest absolute Gasteiger partial charge is 0.310 e. The van der Waals surface area contributed by atoms with Gasteiger partial charge in [-0.05, 0) is 31.9 Å². The van der Waals surface area contributed by atoms with Crippen molar-refractivity contribution in [1.29, 1.82) is 0 Å². The molecule has 1 atom stereocenters. The van der Waals surface area contributed by atoms with Crippen LogP contribution in [0.4, 0.5) is 0 Å². The molecule has 20 heavy (non-hydrogen) atoms. The average molecular weight is 297 g/mol. The van der Waals surface area contributed by atoms with Crippen molar-refractivity contribution in [1.82, 2.24) is 9.88 Å². The quantitative estimate of drug-likeness (QED) is 0.633. The Balaban J connectivity index is 2.05. The summed E-state index contributed by atoms with van der Waals surface area (Å²) in [6.07, 6.45) is 3.07. The van der Waals surface area contributed by atoms with Crippen LogP contribution in [0.3, 0.4) is 0 Å². The van der Waals surface area contributed by atoms with E-state index in [9.17, 15) is 9.59 Å². The minimum atomic E-state index is -0.232. The lowest BCUT2D eigenvalue weighted by Gasteiger charge is -2.31. The number of carbonyl (C=O) groups excluding carboxylic acids is 2. The highest BCUT2D eigenvalue weighted by atomic mass is 35.5. The molecule has 6 heteroatoms. The summed E-state index contributed by atoms with van der Waals surface area (Å²) in [6.45, 7) is 3.19. The van der Waals surface area contributed by atoms with E-state index < -0.39 is 0 Å². The zero-order valence-corrected chi connectivity index (χ0v) is 12.1. The molecular formula is C14H17ClN2O3. The molecule has 1 aliphatic rings. The van der Waals surface area contributed by atoms with Gasteiger partial charge in [-0.1, -0.05) is 11.6 Å². The highest BCUT2D eigenvalue weighted by Crippen LogP contribution is 2.20. The summed E-state index contributed by atoms with van der Waals surface area (Å²) in [6, 6.07) is 3.17. The zero-order chi connectivity index (χ0) is 14.5. The van der Waals surface area contributed by atoms with Gasteiger partial charge in [0.05, 0.1) is 12.5 Å². The first-order valence-corrected chi connectivity index (χ1v) is 7.07. The van der Waals surface area contributed by atoms with Crippen molar-refractivity contribution >= 4 is 23.5 Å². The first-order chi connectivity index (χ1) is 9.61. The summed E-state index contributed by atoms with van der Waals surface area (Å²) in [7, 11) is 0. The van der Waals surface area contributed by atoms with Gasteiger partial charge in [-0.3, -0.25) is 9.59 Å². The van der Waals surface area contributed by atoms with Crippen molar-refractivity contribution in [2.45, 2.75) is 19.8 Å². The van der Waals surface area contributed by atoms with Crippen LogP contribution in [0.1, 0.15) is 30.1 Å². The minimum absolute atomic E-state index is 0.122. The molecule has 0 N–H and O–H groups in total. The van der Waals surface area contributed by atoms with Crippen molar-refractivity contribution in [2.75, 3.05) is 19.7 Å². The Morgan fingerprint density at radius 1 is 1.55 bits per heavy atom. The number of aromatic nitrogens is 1. The molecule has 5 nitrogen and oxygen atoms in total. The maximum atomic E-state index is 12.4. The molecule has 1 aliphatic heterocycles. The van der Waals surface area contributed by atoms with Crippen LogP contribution >= 0.6 is 11.6 Å². The van der Waals surface area contributed by atoms with Gasteiger partial charge in [0, 0.05) is 24.8 Å². The topological polar surface area (TPSA) is 59.5 Å². The van der Waals surface area contributed by atoms with E-state index in [2.05, 4.69) is 4.98 Å². The Bertz CT molecular complexity index is 507. The van der Waals surface area contributed by atoms with E-state index in [0.717, 1.165) is 12.8 Å². The fourth-order valence-corrected chi connectivity index (χ4v) is 2.51. The molecule has 0 spiro atoms. The van der Waals surface area contributed by atoms with E-state index in [1.807, 2.05) is 0 Å². The zero-order valence-electron chi connectivity index (χ0n) is 11.3. The lowest BCUT2D eigenvalue weighted by atomic mass is 9.97. The maximum Gasteiger partial charge on any atom is 0.310 e. The lowest BCUT2D eigenvalue weighted by Crippen LogP contribution is -2.42. The van der Waals surface area contributed by atoms with Crippen molar-refractivity contribution in [3.05, 3.63) is 29.0 Å². The molecule has 1 aromatic heterocycles. The molecule has 0 aromatic carbocycles. The Labute approximate surface area is 122 Å². The molecule has 1 fully saturated rings. The van der Waals surface area contributed by atoms with Crippen LogP contribution in [-0.4, -0.2) is 41.5 Å². The third-order valence-electron chi connectivity index (χ3n) is 3.30. The molecule has 2 heterocycles. The van der Waals surface area contributed by atoms with E-state index in [1.165, 1.54) is 12.3 Å². The minimum Gasteiger partial charge on any atom is -0.466 e. The van der Waals surface area contributed by atoms with E-state index >= 15 is 0 Å². The van der Waals surface area contributed by atoms with Crippen molar-refractivity contribution in [3.8, 4) is 0 Å². The molecule has 1 aromatic rings. The van der Waals surface area contributed by atoms with Gasteiger partial charge in [-0.25, -0.2) is 4.98 Å². The maximum absolute atomic E-state index is 12.4. The largest absolute Gasteiger partial charge is 0.466 e. The number of nitrogens with zero attached hydrogens (tertiary/aromatic N) is 2. The standard InChI is InChI=1S/C14H17ClN2O3/c1-2-20-14(19)11-4-3-7-17(9-11)13(18)10-5-6-16-12(15)8-10/h5-6,8,11H,2-4,7,9H2,1H3. The predicted octanol–water partition coefficient (Wildman–Crippen LogP) is 2.15. The second-order valence-electron chi connectivity index (χ2n) is 4.71. The molecule has 0 saturated carbocycles. The average Bonchev–Trinajstić information content (AvgIpc) is 2.47. The molecule has 0 bridgehead atoms. The van der Waals surface area contributed by atoms with E-state index in [0.29, 0.717) is 25.3 Å². The van der Waals surface area contributed by atoms with E-state index in [1.54, 1.807) is 17.9 Å². The molecule has 0 radical (unpaired) electrons. The number of hydrogen-bond acceptors (Lipinski definition) is 4. The van der Waals surface area contributed by atoms with Gasteiger partial charge in [0.25, 0.3) is 5.91 Å². The van der Waals surface area contributed by atoms with Gasteiger partial charge < -0.3 is 9.64 Å². The van der Waals surface area contributed by atoms with Crippen LogP contribution in [0.25, 0.3) is 0 Å². The number of halogens is 1. The van der Waals surface area contributed by atoms with Crippen LogP contribution in [0.15, 0.2) is 18.3 Å². The molecule has 1 saturated heterocycles. The molecule has 2 rings (SSSR count). The fraction of sp³-hybridized carbons (Fsp3) is 0.500. The van der Waals surface area contributed by atoms with Gasteiger partial charge in [-0.2, -0.15) is 0 Å². The number of rotatable bonds is 3. The predicted molar refractivity (Wildman–Crippen MR) is 74.5 cm³/mol. The van der Waals surface area contributed by atoms with Gasteiger partial charge in [0.1, 0.15) is 5.15 Å². The number of ether oxygens (including phenoxy) is 1. The lowest BCUT2D eigenvalue weighted by molar-refractivity contribution is -0.149. The monoisotopic (exact) mass is 296 g/mol. The van der Waals surface area contributed by atoms with Crippen LogP contribution in [0.5, 0.6) is 0 Å². The Morgan fingerprint density at radius 2 is 2.35 bits per heavy atom. The van der Waals surface area contributed by atoms with Gasteiger partial charge in [0.15, 0.2) is 0 Å². The Hall–Kier alpha value is -1.62. The Kier molecular flexibility index (Phi) is 4.95. The van der Waals surface area contributed by atoms with Crippen LogP contribution in [0, 0.1) is 5.92 Å². The van der Waals surface area contributed by atoms with Crippen LogP contribution in [0.2, 0.25) is 5.15 Å². The molecule has 108 valence electrons. The van der Waals surface area contributed by atoms with Gasteiger partial charge in [0.2, 0.25) is 0 Å². The number of amides is 1. The van der Waals surface area contributed by atoms with Crippen LogP contribution < -0.4 is 0 Å². The third-order valence-corrected chi connectivity index (χ3v) is 3.51. The molecule has 1 amide bonds. The number of hydrogen-bond donors (Lipinski definition) is 0. The molecule has 1 unspecified atom stereocenters. The summed E-state index contributed by atoms with van der Waals surface area (Å²) < 4.78 is 5.03. The number of carbonyl (C=O) groups is 2. The molecular weight excluding hydrogens is 280 g/mol. The van der Waals surface area contributed by atoms with Crippen molar-refractivity contribution in [3.63, 3.8) is 0 Å². The summed E-state index contributed by atoms with van der Waals surface area (Å²) in [5.74, 6) is -0.578. The van der Waals surface area contributed by atoms with E-state index in [-0.39, 0.29) is 22.9 Å². The molecule has 0 aliphatic carbocycles. The van der Waals surface area contributed by atoms with Crippen LogP contribution in [-0.2, 0) is 9.53 Å². The highest BCUT2D eigenvalue weighted by molar-refractivity contribution is 6.29. The van der Waals surface area contributed by atoms with Gasteiger partial charge in [-0.15, -0.1) is 0 Å².